The van der Waals surface area contributed by atoms with E-state index in [9.17, 15) is 9.59 Å². The Morgan fingerprint density at radius 1 is 0.958 bits per heavy atom. The van der Waals surface area contributed by atoms with Crippen LogP contribution < -0.4 is 10.6 Å². The van der Waals surface area contributed by atoms with Gasteiger partial charge in [-0.3, -0.25) is 19.5 Å². The second kappa shape index (κ2) is 14.1. The number of benzene rings is 3. The number of hydrogen-bond acceptors (Lipinski definition) is 5. The Bertz CT molecular complexity index is 2050. The molecular formula is C39H39N7O2. The molecule has 4 heterocycles. The van der Waals surface area contributed by atoms with Crippen molar-refractivity contribution >= 4 is 28.4 Å². The monoisotopic (exact) mass is 637 g/mol. The van der Waals surface area contributed by atoms with Crippen molar-refractivity contribution in [3.05, 3.63) is 132 Å². The van der Waals surface area contributed by atoms with Gasteiger partial charge in [0.15, 0.2) is 0 Å². The topological polar surface area (TPSA) is 108 Å². The zero-order valence-electron chi connectivity index (χ0n) is 27.0. The Hall–Kier alpha value is -5.54. The molecule has 3 aromatic carbocycles. The third-order valence-corrected chi connectivity index (χ3v) is 8.92. The largest absolute Gasteiger partial charge is 0.361 e. The summed E-state index contributed by atoms with van der Waals surface area (Å²) in [5.41, 5.74) is 8.14. The molecule has 1 atom stereocenters. The van der Waals surface area contributed by atoms with E-state index in [1.54, 1.807) is 12.5 Å². The summed E-state index contributed by atoms with van der Waals surface area (Å²) in [5.74, 6) is -0.189. The number of hydrogen-bond donors (Lipinski definition) is 3. The van der Waals surface area contributed by atoms with E-state index in [0.717, 1.165) is 59.5 Å². The minimum atomic E-state index is -0.272. The third kappa shape index (κ3) is 7.37. The van der Waals surface area contributed by atoms with Gasteiger partial charge in [0.1, 0.15) is 5.69 Å². The molecule has 3 aromatic heterocycles. The van der Waals surface area contributed by atoms with Gasteiger partial charge >= 0.3 is 0 Å². The van der Waals surface area contributed by atoms with Crippen LogP contribution in [-0.4, -0.2) is 55.4 Å². The summed E-state index contributed by atoms with van der Waals surface area (Å²) >= 11 is 0. The molecular weight excluding hydrogens is 598 g/mol. The Morgan fingerprint density at radius 2 is 1.81 bits per heavy atom. The lowest BCUT2D eigenvalue weighted by molar-refractivity contribution is -0.122. The minimum absolute atomic E-state index is 0.0829. The summed E-state index contributed by atoms with van der Waals surface area (Å²) in [6, 6.07) is 28.1. The maximum Gasteiger partial charge on any atom is 0.274 e. The Balaban J connectivity index is 1.03. The highest BCUT2D eigenvalue weighted by molar-refractivity contribution is 6.03. The number of carbonyl (C=O) groups is 2. The molecule has 2 amide bonds. The van der Waals surface area contributed by atoms with Gasteiger partial charge < -0.3 is 20.2 Å². The summed E-state index contributed by atoms with van der Waals surface area (Å²) in [6.07, 6.45) is 10.5. The molecule has 9 heteroatoms. The number of anilines is 1. The van der Waals surface area contributed by atoms with E-state index in [1.807, 2.05) is 90.6 Å². The number of amides is 2. The number of fused-ring (bicyclic) bond motifs is 1. The first kappa shape index (κ1) is 31.1. The first-order valence-electron chi connectivity index (χ1n) is 16.5. The molecule has 0 saturated carbocycles. The van der Waals surface area contributed by atoms with Crippen LogP contribution in [0.1, 0.15) is 46.6 Å². The highest BCUT2D eigenvalue weighted by Gasteiger charge is 2.22. The quantitative estimate of drug-likeness (QED) is 0.155. The Morgan fingerprint density at radius 3 is 2.67 bits per heavy atom. The predicted molar refractivity (Wildman–Crippen MR) is 189 cm³/mol. The Labute approximate surface area is 280 Å². The second-order valence-electron chi connectivity index (χ2n) is 12.6. The zero-order chi connectivity index (χ0) is 32.9. The van der Waals surface area contributed by atoms with E-state index in [1.165, 1.54) is 10.9 Å². The van der Waals surface area contributed by atoms with E-state index in [4.69, 9.17) is 0 Å². The number of aryl methyl sites for hydroxylation is 2. The van der Waals surface area contributed by atoms with Crippen molar-refractivity contribution in [3.63, 3.8) is 0 Å². The lowest BCUT2D eigenvalue weighted by atomic mass is 10.0. The van der Waals surface area contributed by atoms with Crippen LogP contribution in [0.3, 0.4) is 0 Å². The molecule has 1 fully saturated rings. The number of para-hydroxylation sites is 1. The fraction of sp³-hybridized carbons (Fsp3) is 0.231. The second-order valence-corrected chi connectivity index (χ2v) is 12.6. The number of rotatable bonds is 10. The molecule has 0 spiro atoms. The number of likely N-dealkylation sites (tertiary alicyclic amines) is 1. The summed E-state index contributed by atoms with van der Waals surface area (Å²) in [5, 5.41) is 7.56. The third-order valence-electron chi connectivity index (χ3n) is 8.92. The number of aromatic nitrogens is 4. The number of carbonyl (C=O) groups excluding carboxylic acids is 2. The van der Waals surface area contributed by atoms with Crippen LogP contribution >= 0.6 is 0 Å². The van der Waals surface area contributed by atoms with Crippen LogP contribution in [0.25, 0.3) is 27.7 Å². The molecule has 9 nitrogen and oxygen atoms in total. The van der Waals surface area contributed by atoms with Gasteiger partial charge in [-0.2, -0.15) is 0 Å². The minimum Gasteiger partial charge on any atom is -0.361 e. The van der Waals surface area contributed by atoms with E-state index in [0.29, 0.717) is 30.8 Å². The molecule has 0 aliphatic carbocycles. The number of aromatic amines is 1. The van der Waals surface area contributed by atoms with Crippen LogP contribution in [0.5, 0.6) is 0 Å². The molecule has 3 N–H and O–H groups in total. The molecule has 0 unspecified atom stereocenters. The molecule has 6 aromatic rings. The lowest BCUT2D eigenvalue weighted by Gasteiger charge is -2.33. The fourth-order valence-electron chi connectivity index (χ4n) is 6.57. The first-order chi connectivity index (χ1) is 23.5. The molecule has 48 heavy (non-hydrogen) atoms. The first-order valence-corrected chi connectivity index (χ1v) is 16.5. The van der Waals surface area contributed by atoms with Gasteiger partial charge in [0.25, 0.3) is 5.91 Å². The van der Waals surface area contributed by atoms with Gasteiger partial charge in [0, 0.05) is 66.4 Å². The number of nitrogens with zero attached hydrogens (tertiary/aromatic N) is 4. The van der Waals surface area contributed by atoms with Crippen LogP contribution in [0.15, 0.2) is 110 Å². The molecule has 0 radical (unpaired) electrons. The van der Waals surface area contributed by atoms with Crippen LogP contribution in [0.2, 0.25) is 0 Å². The number of nitrogens with one attached hydrogen (secondary N) is 3. The lowest BCUT2D eigenvalue weighted by Crippen LogP contribution is -2.47. The zero-order valence-corrected chi connectivity index (χ0v) is 27.0. The molecule has 1 saturated heterocycles. The van der Waals surface area contributed by atoms with Crippen molar-refractivity contribution in [2.24, 2.45) is 0 Å². The van der Waals surface area contributed by atoms with Crippen LogP contribution in [-0.2, 0) is 17.8 Å². The molecule has 1 aliphatic rings. The van der Waals surface area contributed by atoms with Crippen molar-refractivity contribution < 1.29 is 9.59 Å². The highest BCUT2D eigenvalue weighted by atomic mass is 16.2. The van der Waals surface area contributed by atoms with Gasteiger partial charge in [-0.05, 0) is 91.4 Å². The van der Waals surface area contributed by atoms with Crippen molar-refractivity contribution in [2.45, 2.75) is 45.2 Å². The SMILES string of the molecule is Cc1cn(-c2cc(CN3CCC[C@H](NC(=O)CCc4c[nH]c5ccccc45)C3)cc(NC(=O)c3cc(-c4ccccc4)ccn3)c2)cn1. The maximum atomic E-state index is 13.4. The number of H-pyrrole nitrogens is 1. The normalized spacial score (nSPS) is 15.0. The fourth-order valence-corrected chi connectivity index (χ4v) is 6.57. The summed E-state index contributed by atoms with van der Waals surface area (Å²) in [7, 11) is 0. The van der Waals surface area contributed by atoms with Crippen molar-refractivity contribution in [1.82, 2.24) is 29.7 Å². The van der Waals surface area contributed by atoms with Crippen molar-refractivity contribution in [2.75, 3.05) is 18.4 Å². The van der Waals surface area contributed by atoms with Gasteiger partial charge in [-0.15, -0.1) is 0 Å². The van der Waals surface area contributed by atoms with Crippen molar-refractivity contribution in [1.29, 1.82) is 0 Å². The summed E-state index contributed by atoms with van der Waals surface area (Å²) in [6.45, 7) is 4.35. The molecule has 0 bridgehead atoms. The van der Waals surface area contributed by atoms with Crippen LogP contribution in [0.4, 0.5) is 5.69 Å². The molecule has 1 aliphatic heterocycles. The number of pyridine rings is 1. The van der Waals surface area contributed by atoms with E-state index in [-0.39, 0.29) is 17.9 Å². The highest BCUT2D eigenvalue weighted by Crippen LogP contribution is 2.24. The number of imidazole rings is 1. The van der Waals surface area contributed by atoms with Gasteiger partial charge in [-0.1, -0.05) is 48.5 Å². The summed E-state index contributed by atoms with van der Waals surface area (Å²) in [4.78, 5) is 40.9. The number of piperidine rings is 1. The van der Waals surface area contributed by atoms with Crippen molar-refractivity contribution in [3.8, 4) is 16.8 Å². The smallest absolute Gasteiger partial charge is 0.274 e. The van der Waals surface area contributed by atoms with Crippen LogP contribution in [0, 0.1) is 6.92 Å². The van der Waals surface area contributed by atoms with E-state index >= 15 is 0 Å². The molecule has 242 valence electrons. The van der Waals surface area contributed by atoms with Gasteiger partial charge in [-0.25, -0.2) is 4.98 Å². The average Bonchev–Trinajstić information content (AvgIpc) is 3.74. The predicted octanol–water partition coefficient (Wildman–Crippen LogP) is 6.69. The summed E-state index contributed by atoms with van der Waals surface area (Å²) < 4.78 is 1.97. The van der Waals surface area contributed by atoms with E-state index in [2.05, 4.69) is 48.7 Å². The maximum absolute atomic E-state index is 13.4. The van der Waals surface area contributed by atoms with Gasteiger partial charge in [0.05, 0.1) is 12.0 Å². The Kier molecular flexibility index (Phi) is 9.11. The standard InChI is InChI=1S/C39H39N7O2/c1-27-23-46(26-42-27)34-19-28(18-33(21-34)44-39(48)37-20-30(15-16-40-37)29-8-3-2-4-9-29)24-45-17-7-10-32(25-45)43-38(47)14-13-31-22-41-36-12-6-5-11-35(31)36/h2-6,8-9,11-12,15-16,18-23,26,32,41H,7,10,13-14,17,24-25H2,1H3,(H,43,47)(H,44,48)/t32-/m0/s1. The van der Waals surface area contributed by atoms with E-state index < -0.39 is 0 Å². The average molecular weight is 638 g/mol. The molecule has 7 rings (SSSR count). The van der Waals surface area contributed by atoms with Gasteiger partial charge in [0.2, 0.25) is 5.91 Å².